The van der Waals surface area contributed by atoms with Crippen molar-refractivity contribution in [3.8, 4) is 0 Å². The number of fused-ring (bicyclic) bond motifs is 3. The van der Waals surface area contributed by atoms with Crippen molar-refractivity contribution in [2.24, 2.45) is 17.8 Å². The summed E-state index contributed by atoms with van der Waals surface area (Å²) < 4.78 is 33.9. The van der Waals surface area contributed by atoms with Gasteiger partial charge in [0.25, 0.3) is 0 Å². The lowest BCUT2D eigenvalue weighted by atomic mass is 9.78. The van der Waals surface area contributed by atoms with Crippen LogP contribution in [0.3, 0.4) is 0 Å². The average Bonchev–Trinajstić information content (AvgIpc) is 3.14. The zero-order chi connectivity index (χ0) is 37.2. The molecular weight excluding hydrogens is 642 g/mol. The molecule has 12 nitrogen and oxygen atoms in total. The van der Waals surface area contributed by atoms with Gasteiger partial charge in [0, 0.05) is 50.5 Å². The Labute approximate surface area is 301 Å². The van der Waals surface area contributed by atoms with E-state index < -0.39 is 71.7 Å². The number of cyclic esters (lactones) is 1. The molecule has 12 heteroatoms. The summed E-state index contributed by atoms with van der Waals surface area (Å²) in [7, 11) is 4.00. The van der Waals surface area contributed by atoms with Crippen LogP contribution in [0.4, 0.5) is 0 Å². The van der Waals surface area contributed by atoms with Crippen LogP contribution < -0.4 is 5.32 Å². The quantitative estimate of drug-likeness (QED) is 0.288. The van der Waals surface area contributed by atoms with Gasteiger partial charge in [0.1, 0.15) is 23.9 Å². The number of ether oxygens (including phenoxy) is 5. The van der Waals surface area contributed by atoms with Gasteiger partial charge in [-0.2, -0.15) is 0 Å². The van der Waals surface area contributed by atoms with Crippen molar-refractivity contribution in [3.05, 3.63) is 0 Å². The summed E-state index contributed by atoms with van der Waals surface area (Å²) in [5.74, 6) is -2.58. The average molecular weight is 714 g/mol. The van der Waals surface area contributed by atoms with E-state index in [0.717, 1.165) is 19.4 Å². The highest BCUT2D eigenvalue weighted by Gasteiger charge is 2.58. The minimum atomic E-state index is -1.69. The van der Waals surface area contributed by atoms with Crippen LogP contribution in [0.15, 0.2) is 0 Å². The molecule has 0 unspecified atom stereocenters. The number of hydrogen-bond acceptors (Lipinski definition) is 12. The van der Waals surface area contributed by atoms with Crippen molar-refractivity contribution in [1.82, 2.24) is 15.1 Å². The number of likely N-dealkylation sites (N-methyl/N-ethyl adjacent to an activating group) is 2. The third kappa shape index (κ3) is 9.05. The molecule has 4 N–H and O–H groups in total. The third-order valence-corrected chi connectivity index (χ3v) is 12.3. The number of aliphatic hydroxyl groups excluding tert-OH is 2. The maximum absolute atomic E-state index is 14.1. The zero-order valence-corrected chi connectivity index (χ0v) is 32.9. The number of unbranched alkanes of at least 4 members (excludes halogenated alkanes) is 1. The van der Waals surface area contributed by atoms with E-state index in [-0.39, 0.29) is 24.0 Å². The number of aliphatic hydroxyl groups is 3. The molecule has 4 rings (SSSR count). The smallest absolute Gasteiger partial charge is 0.311 e. The van der Waals surface area contributed by atoms with E-state index >= 15 is 0 Å². The van der Waals surface area contributed by atoms with Gasteiger partial charge in [-0.15, -0.1) is 0 Å². The molecule has 4 aliphatic rings. The number of carbonyl (C=O) groups excluding carboxylic acids is 1. The Morgan fingerprint density at radius 3 is 2.36 bits per heavy atom. The molecule has 0 aliphatic carbocycles. The predicted octanol–water partition coefficient (Wildman–Crippen LogP) is 3.29. The minimum Gasteiger partial charge on any atom is -0.459 e. The number of piperidine rings is 1. The van der Waals surface area contributed by atoms with E-state index in [2.05, 4.69) is 38.0 Å². The van der Waals surface area contributed by atoms with Crippen LogP contribution in [-0.4, -0.2) is 143 Å². The zero-order valence-electron chi connectivity index (χ0n) is 32.9. The fourth-order valence-electron chi connectivity index (χ4n) is 9.23. The van der Waals surface area contributed by atoms with Gasteiger partial charge in [-0.25, -0.2) is 0 Å². The molecule has 4 fully saturated rings. The first-order chi connectivity index (χ1) is 23.4. The second-order valence-corrected chi connectivity index (χ2v) is 16.8. The fraction of sp³-hybridized carbons (Fsp3) is 0.974. The van der Waals surface area contributed by atoms with E-state index in [0.29, 0.717) is 51.7 Å². The minimum absolute atomic E-state index is 0.0599. The highest BCUT2D eigenvalue weighted by Crippen LogP contribution is 2.47. The third-order valence-electron chi connectivity index (χ3n) is 12.3. The lowest BCUT2D eigenvalue weighted by Gasteiger charge is -2.48. The Morgan fingerprint density at radius 2 is 1.74 bits per heavy atom. The molecular formula is C38H71N3O9. The van der Waals surface area contributed by atoms with Crippen molar-refractivity contribution in [2.75, 3.05) is 40.3 Å². The SMILES string of the molecule is CCCCN(C)[C@H]1C[C@@H](C)O[C@@H](O[C@@H]2[C@@H](C)[C@@H]3OC4(CCNCC4)O[C@@]2(C)C[C@@H](C)CN(C)[C@H](C)[C@@H](O)[C@](C)(O)[C@@H](CC)OC(=O)[C@@H]3C)[C@@H]1O. The lowest BCUT2D eigenvalue weighted by molar-refractivity contribution is -0.329. The second kappa shape index (κ2) is 17.0. The van der Waals surface area contributed by atoms with E-state index in [9.17, 15) is 20.1 Å². The first kappa shape index (κ1) is 41.8. The summed E-state index contributed by atoms with van der Waals surface area (Å²) >= 11 is 0. The van der Waals surface area contributed by atoms with Crippen LogP contribution in [0.2, 0.25) is 0 Å². The number of esters is 1. The molecule has 4 saturated heterocycles. The van der Waals surface area contributed by atoms with E-state index in [4.69, 9.17) is 23.7 Å². The molecule has 0 aromatic rings. The largest absolute Gasteiger partial charge is 0.459 e. The van der Waals surface area contributed by atoms with E-state index in [1.54, 1.807) is 13.8 Å². The Hall–Kier alpha value is -0.930. The Balaban J connectivity index is 1.81. The first-order valence-electron chi connectivity index (χ1n) is 19.5. The molecule has 50 heavy (non-hydrogen) atoms. The normalized spacial score (nSPS) is 45.5. The van der Waals surface area contributed by atoms with E-state index in [1.165, 1.54) is 0 Å². The molecule has 0 saturated carbocycles. The van der Waals surface area contributed by atoms with Crippen LogP contribution in [-0.2, 0) is 28.5 Å². The van der Waals surface area contributed by atoms with Crippen LogP contribution >= 0.6 is 0 Å². The fourth-order valence-corrected chi connectivity index (χ4v) is 9.23. The summed E-state index contributed by atoms with van der Waals surface area (Å²) in [6.07, 6.45) is -0.503. The molecule has 0 amide bonds. The van der Waals surface area contributed by atoms with Crippen LogP contribution in [0.5, 0.6) is 0 Å². The molecule has 2 bridgehead atoms. The molecule has 0 aromatic carbocycles. The number of hydrogen-bond donors (Lipinski definition) is 4. The van der Waals surface area contributed by atoms with Gasteiger partial charge in [-0.1, -0.05) is 34.1 Å². The Morgan fingerprint density at radius 1 is 1.08 bits per heavy atom. The van der Waals surface area contributed by atoms with Crippen LogP contribution in [0, 0.1) is 17.8 Å². The number of rotatable bonds is 7. The maximum Gasteiger partial charge on any atom is 0.311 e. The molecule has 0 radical (unpaired) electrons. The molecule has 292 valence electrons. The Kier molecular flexibility index (Phi) is 14.2. The van der Waals surface area contributed by atoms with Gasteiger partial charge in [-0.3, -0.25) is 4.79 Å². The summed E-state index contributed by atoms with van der Waals surface area (Å²) in [6.45, 7) is 20.4. The number of nitrogens with zero attached hydrogens (tertiary/aromatic N) is 2. The molecule has 14 atom stereocenters. The van der Waals surface area contributed by atoms with Gasteiger partial charge in [0.15, 0.2) is 12.1 Å². The van der Waals surface area contributed by atoms with Crippen molar-refractivity contribution < 1.29 is 43.8 Å². The summed E-state index contributed by atoms with van der Waals surface area (Å²) in [5, 5.41) is 38.5. The standard InChI is InChI=1S/C38H71N3O9/c1-12-14-19-40(10)28-20-24(4)46-35(30(28)42)48-33-25(5)31-26(6)34(44)47-29(13-2)37(9,45)32(43)27(7)41(11)22-23(3)21-36(33,8)50-38(49-31)15-17-39-18-16-38/h23-33,35,39,42-43,45H,12-22H2,1-11H3/t23-,24-,25+,26-,27-,28+,29-,30-,31+,32-,33-,35+,36+,37-/m1/s1. The topological polar surface area (TPSA) is 142 Å². The highest BCUT2D eigenvalue weighted by molar-refractivity contribution is 5.73. The maximum atomic E-state index is 14.1. The lowest BCUT2D eigenvalue weighted by Crippen LogP contribution is -2.60. The van der Waals surface area contributed by atoms with Crippen molar-refractivity contribution in [3.63, 3.8) is 0 Å². The monoisotopic (exact) mass is 714 g/mol. The van der Waals surface area contributed by atoms with Gasteiger partial charge in [-0.05, 0) is 86.9 Å². The van der Waals surface area contributed by atoms with Crippen molar-refractivity contribution in [2.45, 2.75) is 179 Å². The number of nitrogens with one attached hydrogen (secondary N) is 1. The number of carbonyl (C=O) groups is 1. The van der Waals surface area contributed by atoms with Gasteiger partial charge in [0.05, 0.1) is 29.8 Å². The van der Waals surface area contributed by atoms with Gasteiger partial charge >= 0.3 is 5.97 Å². The van der Waals surface area contributed by atoms with Crippen molar-refractivity contribution in [1.29, 1.82) is 0 Å². The second-order valence-electron chi connectivity index (χ2n) is 16.8. The first-order valence-corrected chi connectivity index (χ1v) is 19.5. The summed E-state index contributed by atoms with van der Waals surface area (Å²) in [4.78, 5) is 18.4. The predicted molar refractivity (Wildman–Crippen MR) is 191 cm³/mol. The molecule has 4 heterocycles. The molecule has 1 spiro atoms. The summed E-state index contributed by atoms with van der Waals surface area (Å²) in [5.41, 5.74) is -2.60. The Bertz CT molecular complexity index is 1090. The van der Waals surface area contributed by atoms with E-state index in [1.807, 2.05) is 39.6 Å². The molecule has 4 aliphatic heterocycles. The highest BCUT2D eigenvalue weighted by atomic mass is 16.7. The van der Waals surface area contributed by atoms with Gasteiger partial charge < -0.3 is 54.1 Å². The van der Waals surface area contributed by atoms with Crippen molar-refractivity contribution >= 4 is 5.97 Å². The molecule has 0 aromatic heterocycles. The van der Waals surface area contributed by atoms with Crippen LogP contribution in [0.1, 0.15) is 107 Å². The summed E-state index contributed by atoms with van der Waals surface area (Å²) in [6, 6.07) is -0.573. The van der Waals surface area contributed by atoms with Gasteiger partial charge in [0.2, 0.25) is 0 Å². The van der Waals surface area contributed by atoms with Crippen LogP contribution in [0.25, 0.3) is 0 Å².